The van der Waals surface area contributed by atoms with E-state index in [-0.39, 0.29) is 17.0 Å². The van der Waals surface area contributed by atoms with E-state index >= 15 is 0 Å². The predicted octanol–water partition coefficient (Wildman–Crippen LogP) is 4.55. The Labute approximate surface area is 157 Å². The quantitative estimate of drug-likeness (QED) is 0.215. The van der Waals surface area contributed by atoms with Crippen molar-refractivity contribution in [1.29, 1.82) is 0 Å². The van der Waals surface area contributed by atoms with Crippen LogP contribution in [-0.2, 0) is 0 Å². The van der Waals surface area contributed by atoms with Crippen LogP contribution in [0.4, 0.5) is 43.6 Å². The molecule has 0 saturated carbocycles. The van der Waals surface area contributed by atoms with Crippen molar-refractivity contribution in [3.05, 3.63) is 34.9 Å². The largest absolute Gasteiger partial charge is 0.673 e. The van der Waals surface area contributed by atoms with Gasteiger partial charge >= 0.3 is 13.1 Å². The summed E-state index contributed by atoms with van der Waals surface area (Å²) in [5.74, 6) is -10.9. The van der Waals surface area contributed by atoms with E-state index in [1.165, 1.54) is 0 Å². The first-order valence-electron chi connectivity index (χ1n) is 7.96. The molecule has 4 nitrogen and oxygen atoms in total. The lowest BCUT2D eigenvalue weighted by Gasteiger charge is -2.23. The SMILES string of the molecule is CC(C)(C)[C@H]1C[C@H](F)c2nn(-c3c(F)c(F)c(F)c(F)c3F)n[n+]21.F[B-](F)(F)F. The van der Waals surface area contributed by atoms with Gasteiger partial charge in [-0.2, -0.15) is 8.78 Å². The molecule has 1 aliphatic rings. The van der Waals surface area contributed by atoms with E-state index in [4.69, 9.17) is 0 Å². The summed E-state index contributed by atoms with van der Waals surface area (Å²) in [5, 5.41) is 7.34. The van der Waals surface area contributed by atoms with Crippen LogP contribution in [0, 0.1) is 34.5 Å². The van der Waals surface area contributed by atoms with Gasteiger partial charge in [0.05, 0.1) is 10.3 Å². The molecule has 15 heteroatoms. The molecular weight excluding hydrogens is 425 g/mol. The lowest BCUT2D eigenvalue weighted by molar-refractivity contribution is -0.784. The summed E-state index contributed by atoms with van der Waals surface area (Å²) in [6, 6.07) is -0.475. The lowest BCUT2D eigenvalue weighted by atomic mass is 9.85. The molecule has 0 radical (unpaired) electrons. The minimum Gasteiger partial charge on any atom is -0.418 e. The Hall–Kier alpha value is -2.35. The molecule has 1 aromatic carbocycles. The van der Waals surface area contributed by atoms with Gasteiger partial charge in [-0.25, -0.2) is 17.6 Å². The second kappa shape index (κ2) is 7.48. The van der Waals surface area contributed by atoms with Crippen molar-refractivity contribution in [2.24, 2.45) is 5.41 Å². The van der Waals surface area contributed by atoms with Gasteiger partial charge in [0.1, 0.15) is 6.04 Å². The molecule has 0 N–H and O–H groups in total. The van der Waals surface area contributed by atoms with E-state index < -0.39 is 59.7 Å². The highest BCUT2D eigenvalue weighted by molar-refractivity contribution is 6.50. The van der Waals surface area contributed by atoms with E-state index in [2.05, 4.69) is 10.3 Å². The number of halogens is 10. The number of hydrogen-bond donors (Lipinski definition) is 0. The molecule has 0 fully saturated rings. The van der Waals surface area contributed by atoms with Crippen LogP contribution in [0.1, 0.15) is 45.2 Å². The highest BCUT2D eigenvalue weighted by Gasteiger charge is 2.48. The minimum absolute atomic E-state index is 0.0662. The molecular formula is C14H13BF10N4. The van der Waals surface area contributed by atoms with Crippen molar-refractivity contribution in [3.8, 4) is 5.69 Å². The van der Waals surface area contributed by atoms with Gasteiger partial charge < -0.3 is 17.3 Å². The van der Waals surface area contributed by atoms with Gasteiger partial charge in [0.2, 0.25) is 34.8 Å². The summed E-state index contributed by atoms with van der Waals surface area (Å²) in [7, 11) is -6.00. The van der Waals surface area contributed by atoms with Crippen LogP contribution >= 0.6 is 0 Å². The zero-order chi connectivity index (χ0) is 22.5. The second-order valence-corrected chi connectivity index (χ2v) is 7.18. The molecule has 1 aromatic heterocycles. The monoisotopic (exact) mass is 438 g/mol. The van der Waals surface area contributed by atoms with Crippen LogP contribution in [0.2, 0.25) is 0 Å². The summed E-state index contributed by atoms with van der Waals surface area (Å²) in [6.45, 7) is 5.43. The molecule has 2 atom stereocenters. The lowest BCUT2D eigenvalue weighted by Crippen LogP contribution is -2.46. The molecule has 2 heterocycles. The zero-order valence-electron chi connectivity index (χ0n) is 15.0. The van der Waals surface area contributed by atoms with E-state index in [1.807, 2.05) is 20.8 Å². The third-order valence-electron chi connectivity index (χ3n) is 4.00. The molecule has 0 unspecified atom stereocenters. The van der Waals surface area contributed by atoms with Crippen LogP contribution < -0.4 is 4.68 Å². The highest BCUT2D eigenvalue weighted by atomic mass is 19.5. The molecule has 0 bridgehead atoms. The molecule has 1 aliphatic heterocycles. The number of nitrogens with zero attached hydrogens (tertiary/aromatic N) is 4. The molecule has 0 spiro atoms. The smallest absolute Gasteiger partial charge is 0.418 e. The van der Waals surface area contributed by atoms with Crippen molar-refractivity contribution in [2.75, 3.05) is 0 Å². The number of alkyl halides is 1. The highest BCUT2D eigenvalue weighted by Crippen LogP contribution is 2.39. The Morgan fingerprint density at radius 2 is 1.31 bits per heavy atom. The Morgan fingerprint density at radius 1 is 0.897 bits per heavy atom. The van der Waals surface area contributed by atoms with Gasteiger partial charge in [-0.1, -0.05) is 20.8 Å². The normalized spacial score (nSPS) is 19.1. The first-order valence-corrected chi connectivity index (χ1v) is 7.96. The minimum atomic E-state index is -6.00. The van der Waals surface area contributed by atoms with Crippen LogP contribution in [0.3, 0.4) is 0 Å². The molecule has 162 valence electrons. The van der Waals surface area contributed by atoms with Crippen molar-refractivity contribution in [1.82, 2.24) is 15.1 Å². The Bertz CT molecular complexity index is 886. The molecule has 3 rings (SSSR count). The van der Waals surface area contributed by atoms with Gasteiger partial charge in [-0.05, 0) is 5.41 Å². The number of fused-ring (bicyclic) bond motifs is 1. The van der Waals surface area contributed by atoms with Crippen LogP contribution in [0.15, 0.2) is 0 Å². The Kier molecular flexibility index (Phi) is 5.92. The van der Waals surface area contributed by atoms with Crippen LogP contribution in [-0.4, -0.2) is 22.4 Å². The van der Waals surface area contributed by atoms with Gasteiger partial charge in [0, 0.05) is 11.2 Å². The first kappa shape index (κ1) is 22.9. The summed E-state index contributed by atoms with van der Waals surface area (Å²) < 4.78 is 122. The predicted molar refractivity (Wildman–Crippen MR) is 78.5 cm³/mol. The third-order valence-corrected chi connectivity index (χ3v) is 4.00. The maximum atomic E-state index is 14.1. The van der Waals surface area contributed by atoms with Crippen LogP contribution in [0.5, 0.6) is 0 Å². The maximum Gasteiger partial charge on any atom is 0.673 e. The summed E-state index contributed by atoms with van der Waals surface area (Å²) in [5.41, 5.74) is -1.79. The average molecular weight is 438 g/mol. The Balaban J connectivity index is 0.000000537. The summed E-state index contributed by atoms with van der Waals surface area (Å²) in [4.78, 5) is 0.246. The molecule has 29 heavy (non-hydrogen) atoms. The average Bonchev–Trinajstić information content (AvgIpc) is 3.10. The van der Waals surface area contributed by atoms with E-state index in [0.29, 0.717) is 0 Å². The fourth-order valence-corrected chi connectivity index (χ4v) is 2.71. The first-order chi connectivity index (χ1) is 13.0. The maximum absolute atomic E-state index is 14.1. The number of aromatic nitrogens is 4. The van der Waals surface area contributed by atoms with Crippen LogP contribution in [0.25, 0.3) is 5.69 Å². The van der Waals surface area contributed by atoms with Crippen molar-refractivity contribution in [2.45, 2.75) is 39.4 Å². The summed E-state index contributed by atoms with van der Waals surface area (Å²) >= 11 is 0. The Morgan fingerprint density at radius 3 is 1.72 bits per heavy atom. The third kappa shape index (κ3) is 4.63. The van der Waals surface area contributed by atoms with Gasteiger partial charge in [0.15, 0.2) is 6.17 Å². The van der Waals surface area contributed by atoms with E-state index in [1.54, 1.807) is 0 Å². The molecule has 0 amide bonds. The summed E-state index contributed by atoms with van der Waals surface area (Å²) in [6.07, 6.45) is -1.49. The number of hydrogen-bond acceptors (Lipinski definition) is 2. The number of tetrazole rings is 1. The standard InChI is InChI=1S/C14H13F6N4.BF4/c1-14(2,3)6-4-5(15)13-21-24(22-23(6)13)12-10(19)8(17)7(16)9(18)11(12)20;2-1(3,4)5/h5-6H,4H2,1-3H3;/q+1;-1/t5-,6+;/m0./s1. The fraction of sp³-hybridized carbons (Fsp3) is 0.500. The number of rotatable bonds is 1. The molecule has 2 aromatic rings. The van der Waals surface area contributed by atoms with Gasteiger partial charge in [0.25, 0.3) is 0 Å². The zero-order valence-corrected chi connectivity index (χ0v) is 15.0. The van der Waals surface area contributed by atoms with Crippen molar-refractivity contribution < 1.29 is 48.3 Å². The van der Waals surface area contributed by atoms with E-state index in [0.717, 1.165) is 4.68 Å². The van der Waals surface area contributed by atoms with Crippen molar-refractivity contribution >= 4 is 7.25 Å². The second-order valence-electron chi connectivity index (χ2n) is 7.18. The number of benzene rings is 1. The fourth-order valence-electron chi connectivity index (χ4n) is 2.71. The van der Waals surface area contributed by atoms with E-state index in [9.17, 15) is 43.6 Å². The molecule has 0 saturated heterocycles. The molecule has 0 aliphatic carbocycles. The van der Waals surface area contributed by atoms with Gasteiger partial charge in [-0.15, -0.1) is 4.68 Å². The van der Waals surface area contributed by atoms with Crippen molar-refractivity contribution in [3.63, 3.8) is 0 Å². The van der Waals surface area contributed by atoms with Gasteiger partial charge in [-0.3, -0.25) is 0 Å². The topological polar surface area (TPSA) is 34.6 Å².